The third-order valence-electron chi connectivity index (χ3n) is 4.15. The standard InChI is InChI=1S/C17H22N2O/c1-2-9-19-10-8-18-17(19)12-16(20)15-7-6-13-4-3-5-14(13)11-15/h6-8,10-11,16,20H,2-5,9,12H2,1H3. The first-order chi connectivity index (χ1) is 9.78. The highest BCUT2D eigenvalue weighted by Crippen LogP contribution is 2.26. The Hall–Kier alpha value is -1.61. The van der Waals surface area contributed by atoms with Gasteiger partial charge in [0.05, 0.1) is 6.10 Å². The maximum Gasteiger partial charge on any atom is 0.111 e. The number of rotatable bonds is 5. The van der Waals surface area contributed by atoms with Crippen molar-refractivity contribution in [2.24, 2.45) is 0 Å². The molecule has 0 aliphatic heterocycles. The van der Waals surface area contributed by atoms with E-state index in [2.05, 4.69) is 34.7 Å². The molecule has 1 aliphatic rings. The summed E-state index contributed by atoms with van der Waals surface area (Å²) in [6.45, 7) is 3.12. The second-order valence-electron chi connectivity index (χ2n) is 5.64. The Bertz CT molecular complexity index is 588. The van der Waals surface area contributed by atoms with E-state index in [4.69, 9.17) is 0 Å². The van der Waals surface area contributed by atoms with Crippen LogP contribution in [0.15, 0.2) is 30.6 Å². The van der Waals surface area contributed by atoms with Crippen molar-refractivity contribution in [3.63, 3.8) is 0 Å². The van der Waals surface area contributed by atoms with Crippen molar-refractivity contribution >= 4 is 0 Å². The van der Waals surface area contributed by atoms with Gasteiger partial charge in [-0.1, -0.05) is 25.1 Å². The van der Waals surface area contributed by atoms with Crippen molar-refractivity contribution < 1.29 is 5.11 Å². The molecule has 1 aliphatic carbocycles. The van der Waals surface area contributed by atoms with E-state index >= 15 is 0 Å². The van der Waals surface area contributed by atoms with Gasteiger partial charge >= 0.3 is 0 Å². The Morgan fingerprint density at radius 3 is 3.00 bits per heavy atom. The van der Waals surface area contributed by atoms with Gasteiger partial charge in [0, 0.05) is 25.4 Å². The molecule has 1 N–H and O–H groups in total. The molecule has 3 rings (SSSR count). The van der Waals surface area contributed by atoms with Crippen molar-refractivity contribution in [2.75, 3.05) is 0 Å². The molecule has 1 aromatic carbocycles. The van der Waals surface area contributed by atoms with Crippen LogP contribution < -0.4 is 0 Å². The van der Waals surface area contributed by atoms with Crippen molar-refractivity contribution in [3.8, 4) is 0 Å². The maximum absolute atomic E-state index is 10.5. The van der Waals surface area contributed by atoms with Gasteiger partial charge in [-0.2, -0.15) is 0 Å². The number of nitrogens with zero attached hydrogens (tertiary/aromatic N) is 2. The number of benzene rings is 1. The first kappa shape index (κ1) is 13.4. The Balaban J connectivity index is 1.75. The van der Waals surface area contributed by atoms with E-state index in [9.17, 15) is 5.11 Å². The maximum atomic E-state index is 10.5. The zero-order valence-corrected chi connectivity index (χ0v) is 12.0. The number of imidazole rings is 1. The third-order valence-corrected chi connectivity index (χ3v) is 4.15. The number of aliphatic hydroxyl groups is 1. The molecule has 0 bridgehead atoms. The molecule has 0 radical (unpaired) electrons. The molecule has 3 nitrogen and oxygen atoms in total. The third kappa shape index (κ3) is 2.63. The smallest absolute Gasteiger partial charge is 0.111 e. The van der Waals surface area contributed by atoms with Gasteiger partial charge in [0.2, 0.25) is 0 Å². The van der Waals surface area contributed by atoms with E-state index in [0.717, 1.165) is 30.8 Å². The summed E-state index contributed by atoms with van der Waals surface area (Å²) in [4.78, 5) is 4.38. The van der Waals surface area contributed by atoms with Gasteiger partial charge in [-0.15, -0.1) is 0 Å². The Kier molecular flexibility index (Phi) is 3.88. The second-order valence-corrected chi connectivity index (χ2v) is 5.64. The lowest BCUT2D eigenvalue weighted by atomic mass is 10.0. The van der Waals surface area contributed by atoms with E-state index in [1.807, 2.05) is 12.4 Å². The summed E-state index contributed by atoms with van der Waals surface area (Å²) in [5.74, 6) is 0.972. The van der Waals surface area contributed by atoms with Crippen molar-refractivity contribution in [1.82, 2.24) is 9.55 Å². The lowest BCUT2D eigenvalue weighted by Crippen LogP contribution is -2.09. The first-order valence-electron chi connectivity index (χ1n) is 7.57. The van der Waals surface area contributed by atoms with Gasteiger partial charge in [0.15, 0.2) is 0 Å². The van der Waals surface area contributed by atoms with E-state index in [-0.39, 0.29) is 0 Å². The predicted octanol–water partition coefficient (Wildman–Crippen LogP) is 3.06. The molecule has 20 heavy (non-hydrogen) atoms. The number of hydrogen-bond acceptors (Lipinski definition) is 2. The lowest BCUT2D eigenvalue weighted by molar-refractivity contribution is 0.174. The molecule has 1 unspecified atom stereocenters. The van der Waals surface area contributed by atoms with Crippen LogP contribution in [0.1, 0.15) is 48.4 Å². The van der Waals surface area contributed by atoms with E-state index in [1.165, 1.54) is 24.0 Å². The second kappa shape index (κ2) is 5.80. The zero-order valence-electron chi connectivity index (χ0n) is 12.0. The lowest BCUT2D eigenvalue weighted by Gasteiger charge is -2.13. The normalized spacial score (nSPS) is 15.3. The van der Waals surface area contributed by atoms with Crippen LogP contribution in [0.4, 0.5) is 0 Å². The molecule has 1 heterocycles. The monoisotopic (exact) mass is 270 g/mol. The molecule has 0 saturated carbocycles. The van der Waals surface area contributed by atoms with E-state index < -0.39 is 6.10 Å². The minimum atomic E-state index is -0.459. The molecule has 0 fully saturated rings. The number of aryl methyl sites for hydroxylation is 3. The Labute approximate surface area is 120 Å². The van der Waals surface area contributed by atoms with Gasteiger partial charge in [0.1, 0.15) is 5.82 Å². The fourth-order valence-corrected chi connectivity index (χ4v) is 3.06. The van der Waals surface area contributed by atoms with Crippen LogP contribution in [0.3, 0.4) is 0 Å². The van der Waals surface area contributed by atoms with Crippen molar-refractivity contribution in [3.05, 3.63) is 53.1 Å². The SMILES string of the molecule is CCCn1ccnc1CC(O)c1ccc2c(c1)CCC2. The fourth-order valence-electron chi connectivity index (χ4n) is 3.06. The number of hydrogen-bond donors (Lipinski definition) is 1. The van der Waals surface area contributed by atoms with Crippen LogP contribution in [0.25, 0.3) is 0 Å². The van der Waals surface area contributed by atoms with Gasteiger partial charge in [0.25, 0.3) is 0 Å². The largest absolute Gasteiger partial charge is 0.388 e. The molecule has 2 aromatic rings. The van der Waals surface area contributed by atoms with Crippen LogP contribution in [0.5, 0.6) is 0 Å². The number of fused-ring (bicyclic) bond motifs is 1. The molecule has 1 aromatic heterocycles. The van der Waals surface area contributed by atoms with Crippen LogP contribution >= 0.6 is 0 Å². The number of aromatic nitrogens is 2. The summed E-state index contributed by atoms with van der Waals surface area (Å²) in [6.07, 6.45) is 8.61. The topological polar surface area (TPSA) is 38.0 Å². The van der Waals surface area contributed by atoms with Gasteiger partial charge in [-0.3, -0.25) is 0 Å². The van der Waals surface area contributed by atoms with Crippen LogP contribution in [0.2, 0.25) is 0 Å². The van der Waals surface area contributed by atoms with Crippen molar-refractivity contribution in [2.45, 2.75) is 51.7 Å². The summed E-state index contributed by atoms with van der Waals surface area (Å²) in [6, 6.07) is 6.43. The van der Waals surface area contributed by atoms with Crippen LogP contribution in [0, 0.1) is 0 Å². The summed E-state index contributed by atoms with van der Waals surface area (Å²) < 4.78 is 2.14. The fraction of sp³-hybridized carbons (Fsp3) is 0.471. The Morgan fingerprint density at radius 2 is 2.15 bits per heavy atom. The summed E-state index contributed by atoms with van der Waals surface area (Å²) in [5, 5.41) is 10.5. The van der Waals surface area contributed by atoms with Gasteiger partial charge in [-0.05, 0) is 42.4 Å². The average molecular weight is 270 g/mol. The highest BCUT2D eigenvalue weighted by Gasteiger charge is 2.16. The number of aliphatic hydroxyl groups excluding tert-OH is 1. The van der Waals surface area contributed by atoms with E-state index in [1.54, 1.807) is 0 Å². The summed E-state index contributed by atoms with van der Waals surface area (Å²) in [7, 11) is 0. The predicted molar refractivity (Wildman–Crippen MR) is 79.6 cm³/mol. The quantitative estimate of drug-likeness (QED) is 0.906. The Morgan fingerprint density at radius 1 is 1.30 bits per heavy atom. The minimum absolute atomic E-state index is 0.459. The molecular formula is C17H22N2O. The molecule has 3 heteroatoms. The van der Waals surface area contributed by atoms with Gasteiger partial charge in [-0.25, -0.2) is 4.98 Å². The molecule has 1 atom stereocenters. The highest BCUT2D eigenvalue weighted by atomic mass is 16.3. The van der Waals surface area contributed by atoms with Crippen LogP contribution in [-0.4, -0.2) is 14.7 Å². The molecule has 106 valence electrons. The summed E-state index contributed by atoms with van der Waals surface area (Å²) >= 11 is 0. The van der Waals surface area contributed by atoms with E-state index in [0.29, 0.717) is 6.42 Å². The first-order valence-corrected chi connectivity index (χ1v) is 7.57. The molecular weight excluding hydrogens is 248 g/mol. The zero-order chi connectivity index (χ0) is 13.9. The molecule has 0 spiro atoms. The molecule has 0 saturated heterocycles. The average Bonchev–Trinajstić information content (AvgIpc) is 3.07. The highest BCUT2D eigenvalue weighted by molar-refractivity contribution is 5.36. The minimum Gasteiger partial charge on any atom is -0.388 e. The van der Waals surface area contributed by atoms with Crippen molar-refractivity contribution in [1.29, 1.82) is 0 Å². The summed E-state index contributed by atoms with van der Waals surface area (Å²) in [5.41, 5.74) is 3.89. The van der Waals surface area contributed by atoms with Crippen LogP contribution in [-0.2, 0) is 25.8 Å². The molecule has 0 amide bonds. The van der Waals surface area contributed by atoms with Gasteiger partial charge < -0.3 is 9.67 Å².